The second-order valence-electron chi connectivity index (χ2n) is 4.66. The van der Waals surface area contributed by atoms with E-state index in [-0.39, 0.29) is 6.61 Å². The number of unbranched alkanes of at least 4 members (excludes halogenated alkanes) is 3. The first-order chi connectivity index (χ1) is 9.69. The molecule has 0 unspecified atom stereocenters. The largest absolute Gasteiger partial charge is 0.491 e. The molecule has 2 N–H and O–H groups in total. The van der Waals surface area contributed by atoms with Crippen molar-refractivity contribution < 1.29 is 9.84 Å². The van der Waals surface area contributed by atoms with Gasteiger partial charge >= 0.3 is 0 Å². The fourth-order valence-corrected chi connectivity index (χ4v) is 3.37. The number of benzene rings is 1. The van der Waals surface area contributed by atoms with Gasteiger partial charge in [-0.05, 0) is 75.4 Å². The summed E-state index contributed by atoms with van der Waals surface area (Å²) < 4.78 is 7.79. The summed E-state index contributed by atoms with van der Waals surface area (Å²) in [6.07, 6.45) is 4.04. The van der Waals surface area contributed by atoms with Crippen LogP contribution < -0.4 is 10.1 Å². The van der Waals surface area contributed by atoms with Gasteiger partial charge in [0.2, 0.25) is 0 Å². The Morgan fingerprint density at radius 2 is 1.75 bits per heavy atom. The summed E-state index contributed by atoms with van der Waals surface area (Å²) in [4.78, 5) is 0. The molecule has 0 amide bonds. The Hall–Kier alpha value is -0.100. The Morgan fingerprint density at radius 1 is 1.10 bits per heavy atom. The molecule has 0 aliphatic heterocycles. The lowest BCUT2D eigenvalue weighted by atomic mass is 10.2. The Morgan fingerprint density at radius 3 is 2.35 bits per heavy atom. The van der Waals surface area contributed by atoms with Gasteiger partial charge in [0.1, 0.15) is 5.75 Å². The number of halogens is 2. The van der Waals surface area contributed by atoms with Gasteiger partial charge in [-0.15, -0.1) is 0 Å². The molecule has 1 aromatic carbocycles. The van der Waals surface area contributed by atoms with Crippen molar-refractivity contribution in [3.8, 4) is 5.75 Å². The third-order valence-corrected chi connectivity index (χ3v) is 4.11. The van der Waals surface area contributed by atoms with Crippen LogP contribution in [0.1, 0.15) is 38.2 Å². The van der Waals surface area contributed by atoms with E-state index in [1.165, 1.54) is 5.56 Å². The summed E-state index contributed by atoms with van der Waals surface area (Å²) in [5.41, 5.74) is 1.22. The molecule has 0 heterocycles. The average Bonchev–Trinajstić information content (AvgIpc) is 2.42. The van der Waals surface area contributed by atoms with Gasteiger partial charge in [-0.25, -0.2) is 0 Å². The summed E-state index contributed by atoms with van der Waals surface area (Å²) >= 11 is 7.14. The monoisotopic (exact) mass is 407 g/mol. The van der Waals surface area contributed by atoms with Crippen molar-refractivity contribution in [1.29, 1.82) is 0 Å². The molecule has 1 aromatic rings. The maximum absolute atomic E-state index is 8.71. The molecule has 0 spiro atoms. The quantitative estimate of drug-likeness (QED) is 0.568. The SMILES string of the molecule is CCNCc1cc(Br)c(OCCCCCCO)c(Br)c1. The molecule has 0 fully saturated rings. The zero-order valence-electron chi connectivity index (χ0n) is 11.9. The van der Waals surface area contributed by atoms with Crippen LogP contribution in [0.15, 0.2) is 21.1 Å². The molecule has 0 saturated carbocycles. The van der Waals surface area contributed by atoms with Crippen molar-refractivity contribution in [1.82, 2.24) is 5.32 Å². The van der Waals surface area contributed by atoms with E-state index in [9.17, 15) is 0 Å². The highest BCUT2D eigenvalue weighted by molar-refractivity contribution is 9.11. The zero-order valence-corrected chi connectivity index (χ0v) is 15.1. The first-order valence-corrected chi connectivity index (χ1v) is 8.70. The molecule has 5 heteroatoms. The Balaban J connectivity index is 2.45. The van der Waals surface area contributed by atoms with Crippen LogP contribution in [-0.4, -0.2) is 24.9 Å². The van der Waals surface area contributed by atoms with E-state index in [0.717, 1.165) is 53.5 Å². The predicted octanol–water partition coefficient (Wildman–Crippen LogP) is 4.25. The normalized spacial score (nSPS) is 10.8. The number of hydrogen-bond donors (Lipinski definition) is 2. The zero-order chi connectivity index (χ0) is 14.8. The summed E-state index contributed by atoms with van der Waals surface area (Å²) in [6.45, 7) is 4.90. The van der Waals surface area contributed by atoms with Crippen molar-refractivity contribution in [2.24, 2.45) is 0 Å². The molecular formula is C15H23Br2NO2. The number of rotatable bonds is 10. The lowest BCUT2D eigenvalue weighted by Crippen LogP contribution is -2.11. The molecule has 1 rings (SSSR count). The van der Waals surface area contributed by atoms with Crippen molar-refractivity contribution in [2.75, 3.05) is 19.8 Å². The van der Waals surface area contributed by atoms with Crippen LogP contribution in [0.5, 0.6) is 5.75 Å². The van der Waals surface area contributed by atoms with E-state index in [4.69, 9.17) is 9.84 Å². The van der Waals surface area contributed by atoms with Crippen molar-refractivity contribution >= 4 is 31.9 Å². The fourth-order valence-electron chi connectivity index (χ4n) is 1.86. The molecule has 0 aliphatic carbocycles. The number of aliphatic hydroxyl groups is 1. The van der Waals surface area contributed by atoms with Crippen molar-refractivity contribution in [3.05, 3.63) is 26.6 Å². The first-order valence-electron chi connectivity index (χ1n) is 7.11. The summed E-state index contributed by atoms with van der Waals surface area (Å²) in [7, 11) is 0. The minimum Gasteiger partial charge on any atom is -0.491 e. The molecule has 0 atom stereocenters. The van der Waals surface area contributed by atoms with Crippen molar-refractivity contribution in [3.63, 3.8) is 0 Å². The van der Waals surface area contributed by atoms with Gasteiger partial charge in [-0.2, -0.15) is 0 Å². The Kier molecular flexibility index (Phi) is 9.52. The van der Waals surface area contributed by atoms with Gasteiger partial charge in [0.05, 0.1) is 15.6 Å². The Bertz CT molecular complexity index is 376. The molecule has 20 heavy (non-hydrogen) atoms. The predicted molar refractivity (Wildman–Crippen MR) is 90.3 cm³/mol. The molecule has 0 radical (unpaired) electrons. The van der Waals surface area contributed by atoms with Crippen LogP contribution in [0.4, 0.5) is 0 Å². The van der Waals surface area contributed by atoms with Crippen LogP contribution in [0.2, 0.25) is 0 Å². The minimum atomic E-state index is 0.283. The highest BCUT2D eigenvalue weighted by atomic mass is 79.9. The number of ether oxygens (including phenoxy) is 1. The van der Waals surface area contributed by atoms with E-state index in [2.05, 4.69) is 56.2 Å². The molecular weight excluding hydrogens is 386 g/mol. The topological polar surface area (TPSA) is 41.5 Å². The average molecular weight is 409 g/mol. The van der Waals surface area contributed by atoms with E-state index < -0.39 is 0 Å². The third-order valence-electron chi connectivity index (χ3n) is 2.94. The molecule has 0 aliphatic rings. The lowest BCUT2D eigenvalue weighted by Gasteiger charge is -2.12. The maximum Gasteiger partial charge on any atom is 0.147 e. The summed E-state index contributed by atoms with van der Waals surface area (Å²) in [5.74, 6) is 0.868. The Labute approximate surface area is 138 Å². The van der Waals surface area contributed by atoms with Gasteiger partial charge in [0.15, 0.2) is 0 Å². The fraction of sp³-hybridized carbons (Fsp3) is 0.600. The van der Waals surface area contributed by atoms with Crippen LogP contribution in [0.3, 0.4) is 0 Å². The molecule has 0 aromatic heterocycles. The number of hydrogen-bond acceptors (Lipinski definition) is 3. The van der Waals surface area contributed by atoms with Crippen molar-refractivity contribution in [2.45, 2.75) is 39.2 Å². The highest BCUT2D eigenvalue weighted by Gasteiger charge is 2.08. The van der Waals surface area contributed by atoms with Crippen LogP contribution in [-0.2, 0) is 6.54 Å². The van der Waals surface area contributed by atoms with E-state index >= 15 is 0 Å². The van der Waals surface area contributed by atoms with Gasteiger partial charge in [0, 0.05) is 13.2 Å². The first kappa shape index (κ1) is 18.0. The van der Waals surface area contributed by atoms with Crippen LogP contribution >= 0.6 is 31.9 Å². The molecule has 0 bridgehead atoms. The maximum atomic E-state index is 8.71. The van der Waals surface area contributed by atoms with E-state index in [1.54, 1.807) is 0 Å². The smallest absolute Gasteiger partial charge is 0.147 e. The lowest BCUT2D eigenvalue weighted by molar-refractivity contribution is 0.272. The van der Waals surface area contributed by atoms with E-state index in [1.807, 2.05) is 0 Å². The highest BCUT2D eigenvalue weighted by Crippen LogP contribution is 2.35. The standard InChI is InChI=1S/C15H23Br2NO2/c1-2-18-11-12-9-13(16)15(14(17)10-12)20-8-6-4-3-5-7-19/h9-10,18-19H,2-8,11H2,1H3. The molecule has 3 nitrogen and oxygen atoms in total. The van der Waals surface area contributed by atoms with Gasteiger partial charge in [-0.1, -0.05) is 13.3 Å². The number of aliphatic hydroxyl groups excluding tert-OH is 1. The number of nitrogens with one attached hydrogen (secondary N) is 1. The molecule has 0 saturated heterocycles. The van der Waals surface area contributed by atoms with Gasteiger partial charge in [0.25, 0.3) is 0 Å². The van der Waals surface area contributed by atoms with Crippen LogP contribution in [0.25, 0.3) is 0 Å². The second kappa shape index (κ2) is 10.6. The minimum absolute atomic E-state index is 0.283. The summed E-state index contributed by atoms with van der Waals surface area (Å²) in [5, 5.41) is 12.0. The summed E-state index contributed by atoms with van der Waals surface area (Å²) in [6, 6.07) is 4.18. The van der Waals surface area contributed by atoms with E-state index in [0.29, 0.717) is 6.61 Å². The molecule has 114 valence electrons. The van der Waals surface area contributed by atoms with Gasteiger partial charge in [-0.3, -0.25) is 0 Å². The van der Waals surface area contributed by atoms with Crippen LogP contribution in [0, 0.1) is 0 Å². The third kappa shape index (κ3) is 6.57. The second-order valence-corrected chi connectivity index (χ2v) is 6.36. The van der Waals surface area contributed by atoms with Gasteiger partial charge < -0.3 is 15.2 Å².